The van der Waals surface area contributed by atoms with Gasteiger partial charge in [0.15, 0.2) is 4.32 Å². The fourth-order valence-electron chi connectivity index (χ4n) is 2.95. The minimum atomic E-state index is -0.149. The van der Waals surface area contributed by atoms with Gasteiger partial charge in [-0.3, -0.25) is 9.69 Å². The SMILES string of the molecule is O=C1/C(=C\c2ccccc2OCc2ccccc2Cl)SC(=S)N1c1cccc(Br)c1. The van der Waals surface area contributed by atoms with Gasteiger partial charge in [-0.1, -0.05) is 94.0 Å². The Hall–Kier alpha value is -2.12. The monoisotopic (exact) mass is 515 g/mol. The third-order valence-electron chi connectivity index (χ3n) is 4.41. The van der Waals surface area contributed by atoms with Gasteiger partial charge in [0.25, 0.3) is 5.91 Å². The fourth-order valence-corrected chi connectivity index (χ4v) is 4.82. The highest BCUT2D eigenvalue weighted by atomic mass is 79.9. The van der Waals surface area contributed by atoms with Crippen molar-refractivity contribution in [2.45, 2.75) is 6.61 Å². The number of anilines is 1. The maximum atomic E-state index is 13.0. The van der Waals surface area contributed by atoms with Gasteiger partial charge in [0.1, 0.15) is 12.4 Å². The number of nitrogens with zero attached hydrogens (tertiary/aromatic N) is 1. The number of carbonyl (C=O) groups excluding carboxylic acids is 1. The molecule has 3 aromatic carbocycles. The maximum absolute atomic E-state index is 13.0. The second kappa shape index (κ2) is 9.35. The average Bonchev–Trinajstić information content (AvgIpc) is 3.01. The first kappa shape index (κ1) is 21.1. The topological polar surface area (TPSA) is 29.5 Å². The van der Waals surface area contributed by atoms with Crippen molar-refractivity contribution in [3.63, 3.8) is 0 Å². The van der Waals surface area contributed by atoms with E-state index in [1.54, 1.807) is 4.90 Å². The first-order valence-corrected chi connectivity index (χ1v) is 11.4. The predicted molar refractivity (Wildman–Crippen MR) is 132 cm³/mol. The van der Waals surface area contributed by atoms with E-state index in [-0.39, 0.29) is 5.91 Å². The van der Waals surface area contributed by atoms with Gasteiger partial charge in [-0.05, 0) is 36.4 Å². The Morgan fingerprint density at radius 2 is 1.83 bits per heavy atom. The molecule has 30 heavy (non-hydrogen) atoms. The summed E-state index contributed by atoms with van der Waals surface area (Å²) >= 11 is 16.4. The van der Waals surface area contributed by atoms with Gasteiger partial charge in [0.2, 0.25) is 0 Å². The summed E-state index contributed by atoms with van der Waals surface area (Å²) in [7, 11) is 0. The van der Waals surface area contributed by atoms with Crippen LogP contribution in [0.2, 0.25) is 5.02 Å². The van der Waals surface area contributed by atoms with E-state index >= 15 is 0 Å². The van der Waals surface area contributed by atoms with Crippen molar-refractivity contribution in [2.75, 3.05) is 4.90 Å². The van der Waals surface area contributed by atoms with E-state index in [1.165, 1.54) is 11.8 Å². The van der Waals surface area contributed by atoms with E-state index < -0.39 is 0 Å². The third kappa shape index (κ3) is 4.62. The molecule has 0 spiro atoms. The van der Waals surface area contributed by atoms with Gasteiger partial charge >= 0.3 is 0 Å². The Bertz CT molecular complexity index is 1170. The van der Waals surface area contributed by atoms with Crippen molar-refractivity contribution < 1.29 is 9.53 Å². The predicted octanol–water partition coefficient (Wildman–Crippen LogP) is 7.09. The minimum Gasteiger partial charge on any atom is -0.488 e. The molecule has 0 N–H and O–H groups in total. The molecule has 0 aromatic heterocycles. The number of carbonyl (C=O) groups is 1. The van der Waals surface area contributed by atoms with Crippen LogP contribution in [0.3, 0.4) is 0 Å². The summed E-state index contributed by atoms with van der Waals surface area (Å²) in [6.45, 7) is 0.337. The molecule has 1 saturated heterocycles. The molecular weight excluding hydrogens is 502 g/mol. The highest BCUT2D eigenvalue weighted by Crippen LogP contribution is 2.37. The molecule has 0 bridgehead atoms. The summed E-state index contributed by atoms with van der Waals surface area (Å²) in [6.07, 6.45) is 1.82. The number of benzene rings is 3. The van der Waals surface area contributed by atoms with Crippen LogP contribution in [0, 0.1) is 0 Å². The van der Waals surface area contributed by atoms with Gasteiger partial charge in [-0.25, -0.2) is 0 Å². The number of halogens is 2. The minimum absolute atomic E-state index is 0.149. The Morgan fingerprint density at radius 1 is 1.07 bits per heavy atom. The van der Waals surface area contributed by atoms with Crippen molar-refractivity contribution >= 4 is 73.5 Å². The van der Waals surface area contributed by atoms with E-state index in [0.717, 1.165) is 21.3 Å². The summed E-state index contributed by atoms with van der Waals surface area (Å²) in [5, 5.41) is 0.657. The van der Waals surface area contributed by atoms with Crippen molar-refractivity contribution in [3.8, 4) is 5.75 Å². The molecule has 1 aliphatic rings. The largest absolute Gasteiger partial charge is 0.488 e. The van der Waals surface area contributed by atoms with Gasteiger partial charge in [0, 0.05) is 20.6 Å². The molecule has 150 valence electrons. The number of para-hydroxylation sites is 1. The first-order chi connectivity index (χ1) is 14.5. The van der Waals surface area contributed by atoms with E-state index in [4.69, 9.17) is 28.6 Å². The van der Waals surface area contributed by atoms with Gasteiger partial charge < -0.3 is 4.74 Å². The number of amides is 1. The van der Waals surface area contributed by atoms with E-state index in [1.807, 2.05) is 78.9 Å². The Labute approximate surface area is 197 Å². The zero-order valence-electron chi connectivity index (χ0n) is 15.5. The van der Waals surface area contributed by atoms with Gasteiger partial charge in [-0.2, -0.15) is 0 Å². The molecule has 7 heteroatoms. The van der Waals surface area contributed by atoms with Crippen LogP contribution in [0.4, 0.5) is 5.69 Å². The number of hydrogen-bond acceptors (Lipinski definition) is 4. The molecule has 0 aliphatic carbocycles. The highest BCUT2D eigenvalue weighted by Gasteiger charge is 2.33. The van der Waals surface area contributed by atoms with Crippen LogP contribution >= 0.6 is 51.5 Å². The van der Waals surface area contributed by atoms with E-state index in [9.17, 15) is 4.79 Å². The molecule has 0 atom stereocenters. The van der Waals surface area contributed by atoms with Crippen LogP contribution in [-0.4, -0.2) is 10.2 Å². The summed E-state index contributed by atoms with van der Waals surface area (Å²) in [5.41, 5.74) is 2.44. The smallest absolute Gasteiger partial charge is 0.270 e. The first-order valence-electron chi connectivity index (χ1n) is 9.02. The quantitative estimate of drug-likeness (QED) is 0.267. The number of rotatable bonds is 5. The molecule has 0 saturated carbocycles. The van der Waals surface area contributed by atoms with Crippen LogP contribution in [0.5, 0.6) is 5.75 Å². The lowest BCUT2D eigenvalue weighted by Crippen LogP contribution is -2.27. The summed E-state index contributed by atoms with van der Waals surface area (Å²) in [4.78, 5) is 15.1. The van der Waals surface area contributed by atoms with Crippen molar-refractivity contribution in [2.24, 2.45) is 0 Å². The van der Waals surface area contributed by atoms with E-state index in [2.05, 4.69) is 15.9 Å². The Kier molecular flexibility index (Phi) is 6.58. The Balaban J connectivity index is 1.59. The third-order valence-corrected chi connectivity index (χ3v) is 6.57. The Morgan fingerprint density at radius 3 is 2.63 bits per heavy atom. The molecule has 0 radical (unpaired) electrons. The van der Waals surface area contributed by atoms with Gasteiger partial charge in [0.05, 0.1) is 10.6 Å². The lowest BCUT2D eigenvalue weighted by molar-refractivity contribution is -0.113. The number of ether oxygens (including phenoxy) is 1. The summed E-state index contributed by atoms with van der Waals surface area (Å²) in [5.74, 6) is 0.522. The molecule has 1 aliphatic heterocycles. The lowest BCUT2D eigenvalue weighted by Gasteiger charge is -2.14. The standard InChI is InChI=1S/C23H15BrClNO2S2/c24-17-8-5-9-18(13-17)26-22(27)21(30-23(26)29)12-15-6-2-4-11-20(15)28-14-16-7-1-3-10-19(16)25/h1-13H,14H2/b21-12+. The van der Waals surface area contributed by atoms with E-state index in [0.29, 0.717) is 26.6 Å². The summed E-state index contributed by atoms with van der Waals surface area (Å²) < 4.78 is 7.39. The second-order valence-corrected chi connectivity index (χ2v) is 9.41. The molecular formula is C23H15BrClNO2S2. The van der Waals surface area contributed by atoms with Gasteiger partial charge in [-0.15, -0.1) is 0 Å². The average molecular weight is 517 g/mol. The molecule has 4 rings (SSSR count). The molecule has 0 unspecified atom stereocenters. The number of thiocarbonyl (C=S) groups is 1. The normalized spacial score (nSPS) is 15.1. The summed E-state index contributed by atoms with van der Waals surface area (Å²) in [6, 6.07) is 22.7. The zero-order chi connectivity index (χ0) is 21.1. The lowest BCUT2D eigenvalue weighted by atomic mass is 10.1. The van der Waals surface area contributed by atoms with Crippen molar-refractivity contribution in [1.29, 1.82) is 0 Å². The van der Waals surface area contributed by atoms with Crippen LogP contribution in [-0.2, 0) is 11.4 Å². The van der Waals surface area contributed by atoms with Crippen LogP contribution in [0.25, 0.3) is 6.08 Å². The molecule has 1 fully saturated rings. The zero-order valence-corrected chi connectivity index (χ0v) is 19.5. The van der Waals surface area contributed by atoms with Crippen LogP contribution < -0.4 is 9.64 Å². The molecule has 3 aromatic rings. The second-order valence-electron chi connectivity index (χ2n) is 6.41. The van der Waals surface area contributed by atoms with Crippen LogP contribution in [0.15, 0.2) is 82.2 Å². The fraction of sp³-hybridized carbons (Fsp3) is 0.0435. The highest BCUT2D eigenvalue weighted by molar-refractivity contribution is 9.10. The molecule has 1 amide bonds. The van der Waals surface area contributed by atoms with Crippen LogP contribution in [0.1, 0.15) is 11.1 Å². The number of hydrogen-bond donors (Lipinski definition) is 0. The number of thioether (sulfide) groups is 1. The maximum Gasteiger partial charge on any atom is 0.270 e. The molecule has 3 nitrogen and oxygen atoms in total. The molecule has 1 heterocycles. The van der Waals surface area contributed by atoms with Crippen molar-refractivity contribution in [1.82, 2.24) is 0 Å². The van der Waals surface area contributed by atoms with Crippen molar-refractivity contribution in [3.05, 3.63) is 98.3 Å².